The Morgan fingerprint density at radius 3 is 1.80 bits per heavy atom. The van der Waals surface area contributed by atoms with Gasteiger partial charge in [0.05, 0.1) is 14.8 Å². The first-order valence-corrected chi connectivity index (χ1v) is 5.68. The molecule has 1 N–H and O–H groups in total. The maximum Gasteiger partial charge on any atom is 0.446 e. The molecule has 0 saturated heterocycles. The normalized spacial score (nSPS) is 10.8. The van der Waals surface area contributed by atoms with Gasteiger partial charge in [0.25, 0.3) is 0 Å². The smallest absolute Gasteiger partial charge is 0.354 e. The summed E-state index contributed by atoms with van der Waals surface area (Å²) >= 11 is 0. The maximum absolute atomic E-state index is 10.7. The molecule has 0 aromatic heterocycles. The fraction of sp³-hybridized carbons (Fsp3) is 0. The summed E-state index contributed by atoms with van der Waals surface area (Å²) in [5.74, 6) is -1.23. The molecule has 0 saturated carbocycles. The number of hydrogen-bond donors (Lipinski definition) is 1. The fourth-order valence-corrected chi connectivity index (χ4v) is 1.60. The third-order valence-electron chi connectivity index (χ3n) is 1.85. The quantitative estimate of drug-likeness (QED) is 0.456. The van der Waals surface area contributed by atoms with Crippen molar-refractivity contribution < 1.29 is 31.9 Å². The Balaban J connectivity index is 3.74. The van der Waals surface area contributed by atoms with Gasteiger partial charge in [-0.25, -0.2) is 0 Å². The van der Waals surface area contributed by atoms with E-state index in [1.807, 2.05) is 0 Å². The van der Waals surface area contributed by atoms with Crippen LogP contribution in [-0.2, 0) is 10.4 Å². The topological polar surface area (TPSA) is 193 Å². The van der Waals surface area contributed by atoms with E-state index in [4.69, 9.17) is 4.55 Å². The Morgan fingerprint density at radius 2 is 1.45 bits per heavy atom. The van der Waals surface area contributed by atoms with Crippen LogP contribution in [0, 0.1) is 30.3 Å². The molecule has 1 rings (SSSR count). The minimum Gasteiger partial charge on any atom is -0.354 e. The molecule has 0 aliphatic rings. The Bertz CT molecular complexity index is 710. The molecule has 0 fully saturated rings. The number of nitro groups is 3. The highest BCUT2D eigenvalue weighted by atomic mass is 32.3. The summed E-state index contributed by atoms with van der Waals surface area (Å²) in [5.41, 5.74) is -4.37. The average molecular weight is 309 g/mol. The first kappa shape index (κ1) is 15.2. The largest absolute Gasteiger partial charge is 0.446 e. The molecule has 0 aliphatic carbocycles. The first-order chi connectivity index (χ1) is 9.04. The molecule has 0 atom stereocenters. The maximum atomic E-state index is 10.7. The van der Waals surface area contributed by atoms with Crippen molar-refractivity contribution >= 4 is 27.5 Å². The third-order valence-corrected chi connectivity index (χ3v) is 2.24. The molecule has 0 amide bonds. The number of nitrogens with zero attached hydrogens (tertiary/aromatic N) is 3. The van der Waals surface area contributed by atoms with E-state index in [2.05, 4.69) is 4.18 Å². The van der Waals surface area contributed by atoms with E-state index in [-0.39, 0.29) is 0 Å². The number of rotatable bonds is 5. The van der Waals surface area contributed by atoms with Crippen LogP contribution in [0.25, 0.3) is 0 Å². The van der Waals surface area contributed by atoms with Gasteiger partial charge in [0.2, 0.25) is 5.75 Å². The Hall–Kier alpha value is -2.87. The molecule has 0 unspecified atom stereocenters. The van der Waals surface area contributed by atoms with Gasteiger partial charge in [0.1, 0.15) is 0 Å². The lowest BCUT2D eigenvalue weighted by Crippen LogP contribution is -2.10. The molecular weight excluding hydrogens is 306 g/mol. The zero-order valence-corrected chi connectivity index (χ0v) is 9.84. The molecule has 0 aliphatic heterocycles. The molecule has 14 heteroatoms. The highest BCUT2D eigenvalue weighted by Crippen LogP contribution is 2.43. The summed E-state index contributed by atoms with van der Waals surface area (Å²) in [7, 11) is -5.21. The molecule has 20 heavy (non-hydrogen) atoms. The molecule has 0 bridgehead atoms. The van der Waals surface area contributed by atoms with Gasteiger partial charge in [-0.15, -0.1) is 0 Å². The van der Waals surface area contributed by atoms with Crippen LogP contribution < -0.4 is 4.18 Å². The van der Waals surface area contributed by atoms with Crippen LogP contribution in [0.5, 0.6) is 5.75 Å². The Labute approximate surface area is 108 Å². The highest BCUT2D eigenvalue weighted by Gasteiger charge is 2.40. The third kappa shape index (κ3) is 3.12. The van der Waals surface area contributed by atoms with Crippen LogP contribution in [0.4, 0.5) is 17.1 Å². The van der Waals surface area contributed by atoms with Gasteiger partial charge in [-0.3, -0.25) is 34.9 Å². The second kappa shape index (κ2) is 5.02. The van der Waals surface area contributed by atoms with Crippen molar-refractivity contribution in [2.24, 2.45) is 0 Å². The summed E-state index contributed by atoms with van der Waals surface area (Å²) in [6.07, 6.45) is 0. The summed E-state index contributed by atoms with van der Waals surface area (Å²) in [6.45, 7) is 0. The van der Waals surface area contributed by atoms with Gasteiger partial charge in [0, 0.05) is 6.07 Å². The van der Waals surface area contributed by atoms with Gasteiger partial charge < -0.3 is 4.18 Å². The van der Waals surface area contributed by atoms with Gasteiger partial charge in [-0.05, 0) is 6.07 Å². The predicted octanol–water partition coefficient (Wildman–Crippen LogP) is 0.593. The molecule has 1 aromatic rings. The predicted molar refractivity (Wildman–Crippen MR) is 58.6 cm³/mol. The molecule has 1 aromatic carbocycles. The van der Waals surface area contributed by atoms with Crippen molar-refractivity contribution in [3.8, 4) is 5.75 Å². The molecule has 0 radical (unpaired) electrons. The van der Waals surface area contributed by atoms with Crippen LogP contribution in [0.2, 0.25) is 0 Å². The van der Waals surface area contributed by atoms with E-state index in [1.54, 1.807) is 0 Å². The number of nitro benzene ring substituents is 3. The Kier molecular flexibility index (Phi) is 3.81. The number of hydrogen-bond acceptors (Lipinski definition) is 9. The zero-order chi connectivity index (χ0) is 15.7. The summed E-state index contributed by atoms with van der Waals surface area (Å²) < 4.78 is 33.2. The molecule has 108 valence electrons. The van der Waals surface area contributed by atoms with E-state index in [1.165, 1.54) is 0 Å². The van der Waals surface area contributed by atoms with E-state index < -0.39 is 48.0 Å². The minimum atomic E-state index is -5.21. The first-order valence-electron chi connectivity index (χ1n) is 4.31. The Morgan fingerprint density at radius 1 is 0.950 bits per heavy atom. The summed E-state index contributed by atoms with van der Waals surface area (Å²) in [6, 6.07) is 0.878. The van der Waals surface area contributed by atoms with Crippen molar-refractivity contribution in [2.45, 2.75) is 0 Å². The minimum absolute atomic E-state index is 0.436. The standard InChI is InChI=1S/C6H3N3O10S/c10-7(11)3-1-2-4(19-20(16,17)18)6(9(14)15)5(3)8(12)13/h1-2H,(H,16,17,18). The van der Waals surface area contributed by atoms with Gasteiger partial charge in [0.15, 0.2) is 0 Å². The van der Waals surface area contributed by atoms with Crippen molar-refractivity contribution in [1.29, 1.82) is 0 Å². The lowest BCUT2D eigenvalue weighted by molar-refractivity contribution is -0.441. The lowest BCUT2D eigenvalue weighted by Gasteiger charge is -2.03. The second-order valence-corrected chi connectivity index (χ2v) is 4.08. The molecule has 0 spiro atoms. The SMILES string of the molecule is O=[N+]([O-])c1ccc(OS(=O)(=O)O)c([N+](=O)[O-])c1[N+](=O)[O-]. The van der Waals surface area contributed by atoms with Crippen LogP contribution in [-0.4, -0.2) is 27.7 Å². The molecular formula is C6H3N3O10S. The van der Waals surface area contributed by atoms with Crippen molar-refractivity contribution in [3.05, 3.63) is 42.5 Å². The summed E-state index contributed by atoms with van der Waals surface area (Å²) in [5, 5.41) is 32.0. The number of benzene rings is 1. The lowest BCUT2D eigenvalue weighted by atomic mass is 10.2. The van der Waals surface area contributed by atoms with Gasteiger partial charge >= 0.3 is 27.5 Å². The monoisotopic (exact) mass is 309 g/mol. The van der Waals surface area contributed by atoms with Gasteiger partial charge in [-0.1, -0.05) is 0 Å². The van der Waals surface area contributed by atoms with E-state index in [9.17, 15) is 38.8 Å². The van der Waals surface area contributed by atoms with Crippen molar-refractivity contribution in [1.82, 2.24) is 0 Å². The van der Waals surface area contributed by atoms with Crippen LogP contribution >= 0.6 is 0 Å². The van der Waals surface area contributed by atoms with E-state index >= 15 is 0 Å². The van der Waals surface area contributed by atoms with Crippen molar-refractivity contribution in [3.63, 3.8) is 0 Å². The van der Waals surface area contributed by atoms with Gasteiger partial charge in [-0.2, -0.15) is 8.42 Å². The molecule has 13 nitrogen and oxygen atoms in total. The van der Waals surface area contributed by atoms with Crippen LogP contribution in [0.3, 0.4) is 0 Å². The summed E-state index contributed by atoms with van der Waals surface area (Å²) in [4.78, 5) is 27.9. The van der Waals surface area contributed by atoms with Crippen molar-refractivity contribution in [2.75, 3.05) is 0 Å². The van der Waals surface area contributed by atoms with Crippen LogP contribution in [0.1, 0.15) is 0 Å². The van der Waals surface area contributed by atoms with E-state index in [0.29, 0.717) is 12.1 Å². The zero-order valence-electron chi connectivity index (χ0n) is 9.03. The average Bonchev–Trinajstić information content (AvgIpc) is 2.24. The fourth-order valence-electron chi connectivity index (χ4n) is 1.23. The van der Waals surface area contributed by atoms with E-state index in [0.717, 1.165) is 0 Å². The second-order valence-electron chi connectivity index (χ2n) is 3.06. The van der Waals surface area contributed by atoms with Crippen LogP contribution in [0.15, 0.2) is 12.1 Å². The molecule has 0 heterocycles. The highest BCUT2D eigenvalue weighted by molar-refractivity contribution is 7.81.